The van der Waals surface area contributed by atoms with Crippen LogP contribution >= 0.6 is 12.4 Å². The van der Waals surface area contributed by atoms with Gasteiger partial charge in [-0.05, 0) is 18.4 Å². The Hall–Kier alpha value is -1.33. The molecular formula is C14H20ClN3O2. The number of likely N-dealkylation sites (tertiary alicyclic amines) is 1. The Balaban J connectivity index is 0.00000147. The van der Waals surface area contributed by atoms with Crippen molar-refractivity contribution in [1.82, 2.24) is 9.47 Å². The Morgan fingerprint density at radius 2 is 2.10 bits per heavy atom. The van der Waals surface area contributed by atoms with Gasteiger partial charge in [-0.1, -0.05) is 6.07 Å². The van der Waals surface area contributed by atoms with Gasteiger partial charge in [0.2, 0.25) is 5.91 Å². The first-order valence-corrected chi connectivity index (χ1v) is 6.86. The van der Waals surface area contributed by atoms with Gasteiger partial charge in [0.15, 0.2) is 0 Å². The van der Waals surface area contributed by atoms with Crippen LogP contribution in [-0.4, -0.2) is 35.0 Å². The van der Waals surface area contributed by atoms with Crippen molar-refractivity contribution < 1.29 is 4.79 Å². The van der Waals surface area contributed by atoms with Crippen molar-refractivity contribution in [3.63, 3.8) is 0 Å². The highest BCUT2D eigenvalue weighted by molar-refractivity contribution is 5.85. The van der Waals surface area contributed by atoms with Gasteiger partial charge in [-0.3, -0.25) is 9.59 Å². The fourth-order valence-corrected chi connectivity index (χ4v) is 3.38. The number of aromatic nitrogens is 1. The van der Waals surface area contributed by atoms with Gasteiger partial charge in [-0.2, -0.15) is 0 Å². The van der Waals surface area contributed by atoms with Crippen molar-refractivity contribution in [3.05, 3.63) is 34.2 Å². The standard InChI is InChI=1S/C14H19N3O2.ClH/c15-5-4-13(18)16-7-10-6-11(9-16)12-2-1-3-14(19)17(12)8-10;/h1-3,10-11H,4-9,15H2;1H/t10-,11+;/m0./s1. The highest BCUT2D eigenvalue weighted by atomic mass is 35.5. The lowest BCUT2D eigenvalue weighted by molar-refractivity contribution is -0.133. The van der Waals surface area contributed by atoms with Crippen LogP contribution in [0, 0.1) is 5.92 Å². The molecule has 5 nitrogen and oxygen atoms in total. The van der Waals surface area contributed by atoms with Crippen LogP contribution in [0.5, 0.6) is 0 Å². The zero-order chi connectivity index (χ0) is 13.4. The van der Waals surface area contributed by atoms with Crippen molar-refractivity contribution >= 4 is 18.3 Å². The van der Waals surface area contributed by atoms with Crippen LogP contribution in [0.4, 0.5) is 0 Å². The topological polar surface area (TPSA) is 68.3 Å². The molecule has 1 fully saturated rings. The number of halogens is 1. The Labute approximate surface area is 124 Å². The molecule has 2 aliphatic heterocycles. The third-order valence-corrected chi connectivity index (χ3v) is 4.19. The molecule has 2 bridgehead atoms. The van der Waals surface area contributed by atoms with Crippen molar-refractivity contribution in [2.75, 3.05) is 19.6 Å². The fraction of sp³-hybridized carbons (Fsp3) is 0.571. The van der Waals surface area contributed by atoms with E-state index in [2.05, 4.69) is 0 Å². The van der Waals surface area contributed by atoms with E-state index in [0.717, 1.165) is 31.7 Å². The number of fused-ring (bicyclic) bond motifs is 4. The maximum absolute atomic E-state index is 12.0. The lowest BCUT2D eigenvalue weighted by Crippen LogP contribution is -2.49. The summed E-state index contributed by atoms with van der Waals surface area (Å²) in [6.07, 6.45) is 1.50. The van der Waals surface area contributed by atoms with E-state index in [1.807, 2.05) is 21.6 Å². The second-order valence-corrected chi connectivity index (χ2v) is 5.54. The quantitative estimate of drug-likeness (QED) is 0.867. The van der Waals surface area contributed by atoms with Crippen molar-refractivity contribution in [2.45, 2.75) is 25.3 Å². The van der Waals surface area contributed by atoms with E-state index in [-0.39, 0.29) is 23.9 Å². The summed E-state index contributed by atoms with van der Waals surface area (Å²) in [5.74, 6) is 0.833. The zero-order valence-electron chi connectivity index (χ0n) is 11.3. The van der Waals surface area contributed by atoms with Crippen LogP contribution in [0.2, 0.25) is 0 Å². The Morgan fingerprint density at radius 1 is 1.30 bits per heavy atom. The van der Waals surface area contributed by atoms with E-state index in [1.54, 1.807) is 6.07 Å². The van der Waals surface area contributed by atoms with E-state index >= 15 is 0 Å². The molecule has 0 aromatic carbocycles. The Morgan fingerprint density at radius 3 is 2.85 bits per heavy atom. The molecule has 2 aliphatic rings. The third kappa shape index (κ3) is 2.60. The maximum atomic E-state index is 12.0. The molecule has 2 atom stereocenters. The van der Waals surface area contributed by atoms with Crippen LogP contribution in [0.15, 0.2) is 23.0 Å². The van der Waals surface area contributed by atoms with Gasteiger partial charge in [-0.15, -0.1) is 12.4 Å². The van der Waals surface area contributed by atoms with Crippen LogP contribution in [0.25, 0.3) is 0 Å². The van der Waals surface area contributed by atoms with Gasteiger partial charge in [0.25, 0.3) is 5.56 Å². The number of nitrogens with zero attached hydrogens (tertiary/aromatic N) is 2. The van der Waals surface area contributed by atoms with Crippen LogP contribution in [0.3, 0.4) is 0 Å². The average Bonchev–Trinajstić information content (AvgIpc) is 2.40. The van der Waals surface area contributed by atoms with Crippen LogP contribution in [0.1, 0.15) is 24.5 Å². The first-order valence-electron chi connectivity index (χ1n) is 6.86. The number of rotatable bonds is 2. The van der Waals surface area contributed by atoms with Crippen molar-refractivity contribution in [1.29, 1.82) is 0 Å². The molecule has 1 aromatic heterocycles. The second kappa shape index (κ2) is 5.97. The summed E-state index contributed by atoms with van der Waals surface area (Å²) >= 11 is 0. The Kier molecular flexibility index (Phi) is 4.50. The molecule has 1 saturated heterocycles. The molecule has 0 aliphatic carbocycles. The minimum Gasteiger partial charge on any atom is -0.342 e. The lowest BCUT2D eigenvalue weighted by atomic mass is 9.83. The maximum Gasteiger partial charge on any atom is 0.250 e. The number of carbonyl (C=O) groups excluding carboxylic acids is 1. The van der Waals surface area contributed by atoms with Gasteiger partial charge in [0, 0.05) is 50.3 Å². The predicted octanol–water partition coefficient (Wildman–Crippen LogP) is 0.565. The summed E-state index contributed by atoms with van der Waals surface area (Å²) in [7, 11) is 0. The van der Waals surface area contributed by atoms with Crippen LogP contribution < -0.4 is 11.3 Å². The van der Waals surface area contributed by atoms with Gasteiger partial charge in [0.05, 0.1) is 0 Å². The molecule has 3 rings (SSSR count). The normalized spacial score (nSPS) is 23.8. The highest BCUT2D eigenvalue weighted by Crippen LogP contribution is 2.34. The van der Waals surface area contributed by atoms with Gasteiger partial charge in [0.1, 0.15) is 0 Å². The lowest BCUT2D eigenvalue weighted by Gasteiger charge is -2.42. The van der Waals surface area contributed by atoms with Crippen molar-refractivity contribution in [2.24, 2.45) is 11.7 Å². The van der Waals surface area contributed by atoms with E-state index in [4.69, 9.17) is 5.73 Å². The number of hydrogen-bond donors (Lipinski definition) is 1. The molecule has 1 amide bonds. The summed E-state index contributed by atoms with van der Waals surface area (Å²) < 4.78 is 1.88. The first kappa shape index (κ1) is 15.1. The molecule has 0 unspecified atom stereocenters. The predicted molar refractivity (Wildman–Crippen MR) is 79.0 cm³/mol. The fourth-order valence-electron chi connectivity index (χ4n) is 3.38. The molecule has 1 aromatic rings. The number of carbonyl (C=O) groups is 1. The van der Waals surface area contributed by atoms with Crippen LogP contribution in [-0.2, 0) is 11.3 Å². The van der Waals surface area contributed by atoms with Gasteiger partial charge >= 0.3 is 0 Å². The van der Waals surface area contributed by atoms with E-state index in [1.165, 1.54) is 0 Å². The summed E-state index contributed by atoms with van der Waals surface area (Å²) in [6.45, 7) is 2.62. The number of pyridine rings is 1. The summed E-state index contributed by atoms with van der Waals surface area (Å²) in [4.78, 5) is 25.8. The molecule has 110 valence electrons. The minimum atomic E-state index is 0. The summed E-state index contributed by atoms with van der Waals surface area (Å²) in [6, 6.07) is 5.44. The SMILES string of the molecule is Cl.NCCC(=O)N1C[C@@H]2C[C@H](C1)c1cccc(=O)n1C2. The molecule has 0 radical (unpaired) electrons. The second-order valence-electron chi connectivity index (χ2n) is 5.54. The smallest absolute Gasteiger partial charge is 0.250 e. The first-order chi connectivity index (χ1) is 9.19. The average molecular weight is 298 g/mol. The van der Waals surface area contributed by atoms with Gasteiger partial charge < -0.3 is 15.2 Å². The molecule has 20 heavy (non-hydrogen) atoms. The van der Waals surface area contributed by atoms with E-state index in [0.29, 0.717) is 24.8 Å². The molecule has 3 heterocycles. The summed E-state index contributed by atoms with van der Waals surface area (Å²) in [5, 5.41) is 0. The highest BCUT2D eigenvalue weighted by Gasteiger charge is 2.35. The molecule has 6 heteroatoms. The third-order valence-electron chi connectivity index (χ3n) is 4.19. The molecule has 0 spiro atoms. The summed E-state index contributed by atoms with van der Waals surface area (Å²) in [5.41, 5.74) is 6.61. The van der Waals surface area contributed by atoms with E-state index in [9.17, 15) is 9.59 Å². The molecule has 0 saturated carbocycles. The molecular weight excluding hydrogens is 278 g/mol. The zero-order valence-corrected chi connectivity index (χ0v) is 12.1. The number of nitrogens with two attached hydrogens (primary N) is 1. The number of amides is 1. The van der Waals surface area contributed by atoms with Crippen molar-refractivity contribution in [3.8, 4) is 0 Å². The van der Waals surface area contributed by atoms with Gasteiger partial charge in [-0.25, -0.2) is 0 Å². The Bertz CT molecular complexity index is 558. The van der Waals surface area contributed by atoms with E-state index < -0.39 is 0 Å². The monoisotopic (exact) mass is 297 g/mol. The molecule has 2 N–H and O–H groups in total. The minimum absolute atomic E-state index is 0. The number of hydrogen-bond acceptors (Lipinski definition) is 3. The number of piperidine rings is 1. The largest absolute Gasteiger partial charge is 0.342 e.